The lowest BCUT2D eigenvalue weighted by Gasteiger charge is -2.26. The van der Waals surface area contributed by atoms with Gasteiger partial charge in [-0.1, -0.05) is 0 Å². The summed E-state index contributed by atoms with van der Waals surface area (Å²) in [4.78, 5) is 0.244. The predicted molar refractivity (Wildman–Crippen MR) is 78.4 cm³/mol. The van der Waals surface area contributed by atoms with Crippen LogP contribution in [-0.4, -0.2) is 53.6 Å². The Hall–Kier alpha value is -0.670. The van der Waals surface area contributed by atoms with E-state index in [1.165, 1.54) is 28.6 Å². The highest BCUT2D eigenvalue weighted by atomic mass is 35.5. The first-order valence-corrected chi connectivity index (χ1v) is 9.16. The Balaban J connectivity index is 0.00000200. The Labute approximate surface area is 125 Å². The van der Waals surface area contributed by atoms with Gasteiger partial charge in [0.2, 0.25) is 10.0 Å². The van der Waals surface area contributed by atoms with Gasteiger partial charge in [0.05, 0.1) is 9.79 Å². The molecule has 1 aliphatic heterocycles. The zero-order chi connectivity index (χ0) is 14.1. The largest absolute Gasteiger partial charge is 0.314 e. The Morgan fingerprint density at radius 3 is 1.85 bits per heavy atom. The SMILES string of the molecule is CS(=O)(=O)c1ccc(S(=O)(=O)N2CCNCC2)cc1.Cl. The number of sulfonamides is 1. The van der Waals surface area contributed by atoms with Gasteiger partial charge >= 0.3 is 0 Å². The van der Waals surface area contributed by atoms with Crippen LogP contribution in [0.15, 0.2) is 34.1 Å². The second-order valence-corrected chi connectivity index (χ2v) is 8.35. The van der Waals surface area contributed by atoms with Crippen LogP contribution >= 0.6 is 12.4 Å². The van der Waals surface area contributed by atoms with Gasteiger partial charge in [-0.05, 0) is 24.3 Å². The average Bonchev–Trinajstić information content (AvgIpc) is 2.39. The molecule has 1 aliphatic rings. The van der Waals surface area contributed by atoms with Crippen LogP contribution in [0.5, 0.6) is 0 Å². The van der Waals surface area contributed by atoms with E-state index in [0.717, 1.165) is 6.26 Å². The monoisotopic (exact) mass is 340 g/mol. The maximum Gasteiger partial charge on any atom is 0.243 e. The molecule has 1 fully saturated rings. The second kappa shape index (κ2) is 6.40. The molecule has 0 aliphatic carbocycles. The van der Waals surface area contributed by atoms with Gasteiger partial charge in [-0.3, -0.25) is 0 Å². The standard InChI is InChI=1S/C11H16N2O4S2.ClH/c1-18(14,15)10-2-4-11(5-3-10)19(16,17)13-8-6-12-7-9-13;/h2-5,12H,6-9H2,1H3;1H. The fourth-order valence-electron chi connectivity index (χ4n) is 1.89. The summed E-state index contributed by atoms with van der Waals surface area (Å²) in [5.74, 6) is 0. The molecule has 1 heterocycles. The van der Waals surface area contributed by atoms with Gasteiger partial charge in [0, 0.05) is 32.4 Å². The smallest absolute Gasteiger partial charge is 0.243 e. The van der Waals surface area contributed by atoms with Crippen molar-refractivity contribution in [2.45, 2.75) is 9.79 Å². The summed E-state index contributed by atoms with van der Waals surface area (Å²) in [6.45, 7) is 2.10. The minimum atomic E-state index is -3.53. The number of nitrogens with zero attached hydrogens (tertiary/aromatic N) is 1. The van der Waals surface area contributed by atoms with E-state index in [-0.39, 0.29) is 22.2 Å². The lowest BCUT2D eigenvalue weighted by Crippen LogP contribution is -2.46. The second-order valence-electron chi connectivity index (χ2n) is 4.40. The summed E-state index contributed by atoms with van der Waals surface area (Å²) in [6, 6.07) is 5.33. The van der Waals surface area contributed by atoms with Crippen LogP contribution < -0.4 is 5.32 Å². The molecule has 0 saturated carbocycles. The fraction of sp³-hybridized carbons (Fsp3) is 0.455. The van der Waals surface area contributed by atoms with Gasteiger partial charge in [0.25, 0.3) is 0 Å². The van der Waals surface area contributed by atoms with Crippen molar-refractivity contribution in [2.24, 2.45) is 0 Å². The average molecular weight is 341 g/mol. The van der Waals surface area contributed by atoms with Gasteiger partial charge in [0.15, 0.2) is 9.84 Å². The maximum atomic E-state index is 12.3. The lowest BCUT2D eigenvalue weighted by atomic mass is 10.4. The van der Waals surface area contributed by atoms with Crippen LogP contribution in [0.4, 0.5) is 0 Å². The summed E-state index contributed by atoms with van der Waals surface area (Å²) >= 11 is 0. The molecule has 1 aromatic carbocycles. The van der Waals surface area contributed by atoms with Crippen molar-refractivity contribution in [3.63, 3.8) is 0 Å². The number of rotatable bonds is 3. The molecule has 0 bridgehead atoms. The number of hydrogen-bond donors (Lipinski definition) is 1. The van der Waals surface area contributed by atoms with Crippen LogP contribution in [0.25, 0.3) is 0 Å². The van der Waals surface area contributed by atoms with Crippen LogP contribution in [0, 0.1) is 0 Å². The van der Waals surface area contributed by atoms with Crippen molar-refractivity contribution < 1.29 is 16.8 Å². The number of sulfone groups is 1. The van der Waals surface area contributed by atoms with Crippen molar-refractivity contribution in [1.29, 1.82) is 0 Å². The number of hydrogen-bond acceptors (Lipinski definition) is 5. The molecular weight excluding hydrogens is 324 g/mol. The van der Waals surface area contributed by atoms with Crippen molar-refractivity contribution in [1.82, 2.24) is 9.62 Å². The van der Waals surface area contributed by atoms with E-state index >= 15 is 0 Å². The molecule has 0 spiro atoms. The van der Waals surface area contributed by atoms with Crippen molar-refractivity contribution in [3.05, 3.63) is 24.3 Å². The molecule has 1 N–H and O–H groups in total. The number of benzene rings is 1. The van der Waals surface area contributed by atoms with Gasteiger partial charge < -0.3 is 5.32 Å². The summed E-state index contributed by atoms with van der Waals surface area (Å²) in [5, 5.41) is 3.08. The quantitative estimate of drug-likeness (QED) is 0.844. The zero-order valence-electron chi connectivity index (χ0n) is 10.9. The minimum Gasteiger partial charge on any atom is -0.314 e. The highest BCUT2D eigenvalue weighted by Gasteiger charge is 2.25. The highest BCUT2D eigenvalue weighted by molar-refractivity contribution is 7.90. The van der Waals surface area contributed by atoms with Gasteiger partial charge in [-0.2, -0.15) is 4.31 Å². The summed E-state index contributed by atoms with van der Waals surface area (Å²) in [5.41, 5.74) is 0. The van der Waals surface area contributed by atoms with Crippen LogP contribution in [0.3, 0.4) is 0 Å². The Morgan fingerprint density at radius 1 is 0.950 bits per heavy atom. The normalized spacial score (nSPS) is 17.4. The summed E-state index contributed by atoms with van der Waals surface area (Å²) in [7, 11) is -6.83. The molecule has 0 amide bonds. The van der Waals surface area contributed by atoms with E-state index < -0.39 is 19.9 Å². The molecule has 9 heteroatoms. The molecule has 0 unspecified atom stereocenters. The number of nitrogens with one attached hydrogen (secondary N) is 1. The molecule has 1 saturated heterocycles. The van der Waals surface area contributed by atoms with E-state index in [9.17, 15) is 16.8 Å². The Morgan fingerprint density at radius 2 is 1.40 bits per heavy atom. The third kappa shape index (κ3) is 3.70. The van der Waals surface area contributed by atoms with Gasteiger partial charge in [-0.25, -0.2) is 16.8 Å². The first kappa shape index (κ1) is 17.4. The van der Waals surface area contributed by atoms with Gasteiger partial charge in [0.1, 0.15) is 0 Å². The fourth-order valence-corrected chi connectivity index (χ4v) is 3.96. The van der Waals surface area contributed by atoms with Crippen LogP contribution in [0.1, 0.15) is 0 Å². The molecule has 0 aromatic heterocycles. The van der Waals surface area contributed by atoms with E-state index in [4.69, 9.17) is 0 Å². The Kier molecular flexibility index (Phi) is 5.56. The molecule has 20 heavy (non-hydrogen) atoms. The molecule has 114 valence electrons. The summed E-state index contributed by atoms with van der Waals surface area (Å²) in [6.07, 6.45) is 1.09. The third-order valence-electron chi connectivity index (χ3n) is 2.97. The number of halogens is 1. The first-order valence-electron chi connectivity index (χ1n) is 5.83. The van der Waals surface area contributed by atoms with E-state index in [1.807, 2.05) is 0 Å². The molecular formula is C11H17ClN2O4S2. The molecule has 2 rings (SSSR count). The van der Waals surface area contributed by atoms with E-state index in [1.54, 1.807) is 0 Å². The molecule has 0 radical (unpaired) electrons. The Bertz CT molecular complexity index is 650. The first-order chi connectivity index (χ1) is 8.82. The number of piperazine rings is 1. The van der Waals surface area contributed by atoms with Crippen molar-refractivity contribution >= 4 is 32.3 Å². The van der Waals surface area contributed by atoms with Crippen LogP contribution in [-0.2, 0) is 19.9 Å². The summed E-state index contributed by atoms with van der Waals surface area (Å²) < 4.78 is 48.7. The molecule has 6 nitrogen and oxygen atoms in total. The van der Waals surface area contributed by atoms with Crippen LogP contribution in [0.2, 0.25) is 0 Å². The topological polar surface area (TPSA) is 83.5 Å². The van der Waals surface area contributed by atoms with Crippen molar-refractivity contribution in [2.75, 3.05) is 32.4 Å². The molecule has 0 atom stereocenters. The van der Waals surface area contributed by atoms with E-state index in [2.05, 4.69) is 5.32 Å². The highest BCUT2D eigenvalue weighted by Crippen LogP contribution is 2.18. The maximum absolute atomic E-state index is 12.3. The minimum absolute atomic E-state index is 0. The third-order valence-corrected chi connectivity index (χ3v) is 6.01. The molecule has 1 aromatic rings. The lowest BCUT2D eigenvalue weighted by molar-refractivity contribution is 0.360. The predicted octanol–water partition coefficient (Wildman–Crippen LogP) is 0.106. The zero-order valence-corrected chi connectivity index (χ0v) is 13.4. The van der Waals surface area contributed by atoms with Gasteiger partial charge in [-0.15, -0.1) is 12.4 Å². The van der Waals surface area contributed by atoms with Crippen molar-refractivity contribution in [3.8, 4) is 0 Å². The van der Waals surface area contributed by atoms with E-state index in [0.29, 0.717) is 26.2 Å².